The first-order chi connectivity index (χ1) is 8.65. The average molecular weight is 255 g/mol. The first-order valence-corrected chi connectivity index (χ1v) is 5.89. The second kappa shape index (κ2) is 6.95. The highest BCUT2D eigenvalue weighted by atomic mass is 16.5. The Bertz CT molecular complexity index is 352. The Morgan fingerprint density at radius 3 is 2.50 bits per heavy atom. The summed E-state index contributed by atoms with van der Waals surface area (Å²) in [6.45, 7) is 5.49. The minimum atomic E-state index is 0.178. The lowest BCUT2D eigenvalue weighted by atomic mass is 10.3. The molecular weight excluding hydrogens is 234 g/mol. The maximum atomic E-state index is 5.16. The first-order valence-electron chi connectivity index (χ1n) is 5.89. The monoisotopic (exact) mass is 255 g/mol. The van der Waals surface area contributed by atoms with Gasteiger partial charge in [0.05, 0.1) is 19.8 Å². The van der Waals surface area contributed by atoms with Gasteiger partial charge in [0.2, 0.25) is 11.9 Å². The van der Waals surface area contributed by atoms with Crippen molar-refractivity contribution in [3.05, 3.63) is 0 Å². The van der Waals surface area contributed by atoms with Crippen LogP contribution in [-0.2, 0) is 4.74 Å². The van der Waals surface area contributed by atoms with Gasteiger partial charge in [-0.2, -0.15) is 15.0 Å². The van der Waals surface area contributed by atoms with Gasteiger partial charge in [0.1, 0.15) is 0 Å². The normalized spacial score (nSPS) is 12.1. The first kappa shape index (κ1) is 14.4. The third kappa shape index (κ3) is 3.43. The summed E-state index contributed by atoms with van der Waals surface area (Å²) >= 11 is 0. The van der Waals surface area contributed by atoms with Crippen LogP contribution in [0.1, 0.15) is 13.8 Å². The largest absolute Gasteiger partial charge is 0.467 e. The van der Waals surface area contributed by atoms with E-state index in [-0.39, 0.29) is 6.04 Å². The molecular formula is C11H21N5O2. The molecule has 1 N–H and O–H groups in total. The van der Waals surface area contributed by atoms with Gasteiger partial charge in [-0.15, -0.1) is 0 Å². The van der Waals surface area contributed by atoms with Crippen molar-refractivity contribution in [2.24, 2.45) is 0 Å². The summed E-state index contributed by atoms with van der Waals surface area (Å²) in [6, 6.07) is 0.476. The zero-order chi connectivity index (χ0) is 13.5. The molecule has 7 nitrogen and oxygen atoms in total. The quantitative estimate of drug-likeness (QED) is 0.772. The molecule has 18 heavy (non-hydrogen) atoms. The van der Waals surface area contributed by atoms with Crippen LogP contribution in [0.15, 0.2) is 0 Å². The second-order valence-corrected chi connectivity index (χ2v) is 3.79. The van der Waals surface area contributed by atoms with Gasteiger partial charge in [-0.05, 0) is 13.8 Å². The van der Waals surface area contributed by atoms with Gasteiger partial charge in [0.15, 0.2) is 0 Å². The van der Waals surface area contributed by atoms with E-state index < -0.39 is 0 Å². The number of hydrogen-bond donors (Lipinski definition) is 1. The van der Waals surface area contributed by atoms with E-state index in [1.54, 1.807) is 14.2 Å². The summed E-state index contributed by atoms with van der Waals surface area (Å²) in [7, 11) is 4.97. The molecule has 1 unspecified atom stereocenters. The maximum Gasteiger partial charge on any atom is 0.322 e. The van der Waals surface area contributed by atoms with Gasteiger partial charge in [0, 0.05) is 20.7 Å². The van der Waals surface area contributed by atoms with E-state index in [0.29, 0.717) is 24.5 Å². The molecule has 0 saturated heterocycles. The Morgan fingerprint density at radius 1 is 1.28 bits per heavy atom. The van der Waals surface area contributed by atoms with Gasteiger partial charge < -0.3 is 19.7 Å². The van der Waals surface area contributed by atoms with Crippen molar-refractivity contribution >= 4 is 11.9 Å². The Balaban J connectivity index is 3.03. The molecule has 1 heterocycles. The SMILES string of the molecule is CCN(c1nc(NC)nc(OC)n1)C(C)COC. The van der Waals surface area contributed by atoms with Crippen LogP contribution >= 0.6 is 0 Å². The number of anilines is 2. The van der Waals surface area contributed by atoms with Crippen LogP contribution in [0.2, 0.25) is 0 Å². The predicted octanol–water partition coefficient (Wildman–Crippen LogP) is 0.783. The van der Waals surface area contributed by atoms with E-state index in [4.69, 9.17) is 9.47 Å². The van der Waals surface area contributed by atoms with E-state index in [2.05, 4.69) is 27.2 Å². The molecule has 0 spiro atoms. The fourth-order valence-electron chi connectivity index (χ4n) is 1.66. The number of ether oxygens (including phenoxy) is 2. The summed E-state index contributed by atoms with van der Waals surface area (Å²) in [6.07, 6.45) is 0. The number of hydrogen-bond acceptors (Lipinski definition) is 7. The Kier molecular flexibility index (Phi) is 5.57. The van der Waals surface area contributed by atoms with Gasteiger partial charge in [-0.1, -0.05) is 0 Å². The van der Waals surface area contributed by atoms with Crippen molar-refractivity contribution in [3.8, 4) is 6.01 Å². The van der Waals surface area contributed by atoms with Crippen LogP contribution in [0.4, 0.5) is 11.9 Å². The lowest BCUT2D eigenvalue weighted by Crippen LogP contribution is -2.37. The molecule has 1 aromatic heterocycles. The number of methoxy groups -OCH3 is 2. The molecule has 0 aliphatic heterocycles. The van der Waals surface area contributed by atoms with Crippen LogP contribution in [0.5, 0.6) is 6.01 Å². The molecule has 0 aromatic carbocycles. The zero-order valence-corrected chi connectivity index (χ0v) is 11.6. The highest BCUT2D eigenvalue weighted by Crippen LogP contribution is 2.16. The van der Waals surface area contributed by atoms with Crippen LogP contribution in [0.25, 0.3) is 0 Å². The lowest BCUT2D eigenvalue weighted by Gasteiger charge is -2.27. The molecule has 0 bridgehead atoms. The number of likely N-dealkylation sites (N-methyl/N-ethyl adjacent to an activating group) is 1. The summed E-state index contributed by atoms with van der Waals surface area (Å²) in [5.41, 5.74) is 0. The Morgan fingerprint density at radius 2 is 2.00 bits per heavy atom. The van der Waals surface area contributed by atoms with Crippen LogP contribution in [-0.4, -0.2) is 55.4 Å². The predicted molar refractivity (Wildman–Crippen MR) is 70.3 cm³/mol. The summed E-state index contributed by atoms with van der Waals surface area (Å²) < 4.78 is 10.2. The van der Waals surface area contributed by atoms with Crippen molar-refractivity contribution in [1.29, 1.82) is 0 Å². The van der Waals surface area contributed by atoms with E-state index >= 15 is 0 Å². The zero-order valence-electron chi connectivity index (χ0n) is 11.6. The molecule has 1 aromatic rings. The fraction of sp³-hybridized carbons (Fsp3) is 0.727. The molecule has 0 saturated carbocycles. The van der Waals surface area contributed by atoms with E-state index in [1.807, 2.05) is 11.8 Å². The number of rotatable bonds is 7. The summed E-state index contributed by atoms with van der Waals surface area (Å²) in [5.74, 6) is 1.07. The third-order valence-corrected chi connectivity index (χ3v) is 2.55. The van der Waals surface area contributed by atoms with Gasteiger partial charge >= 0.3 is 6.01 Å². The molecule has 0 aliphatic rings. The van der Waals surface area contributed by atoms with Crippen molar-refractivity contribution < 1.29 is 9.47 Å². The molecule has 102 valence electrons. The van der Waals surface area contributed by atoms with Gasteiger partial charge in [0.25, 0.3) is 0 Å². The molecule has 0 aliphatic carbocycles. The van der Waals surface area contributed by atoms with Crippen molar-refractivity contribution in [1.82, 2.24) is 15.0 Å². The molecule has 0 amide bonds. The fourth-order valence-corrected chi connectivity index (χ4v) is 1.66. The standard InChI is InChI=1S/C11H21N5O2/c1-6-16(8(2)7-17-4)10-13-9(12-3)14-11(15-10)18-5/h8H,6-7H2,1-5H3,(H,12,13,14,15). The Hall–Kier alpha value is -1.63. The van der Waals surface area contributed by atoms with Crippen molar-refractivity contribution in [2.45, 2.75) is 19.9 Å². The van der Waals surface area contributed by atoms with Gasteiger partial charge in [-0.25, -0.2) is 0 Å². The lowest BCUT2D eigenvalue weighted by molar-refractivity contribution is 0.181. The highest BCUT2D eigenvalue weighted by molar-refractivity contribution is 5.38. The topological polar surface area (TPSA) is 72.4 Å². The average Bonchev–Trinajstić information content (AvgIpc) is 2.39. The van der Waals surface area contributed by atoms with E-state index in [0.717, 1.165) is 6.54 Å². The minimum Gasteiger partial charge on any atom is -0.467 e. The van der Waals surface area contributed by atoms with Gasteiger partial charge in [-0.3, -0.25) is 0 Å². The van der Waals surface area contributed by atoms with Crippen LogP contribution in [0, 0.1) is 0 Å². The second-order valence-electron chi connectivity index (χ2n) is 3.79. The molecule has 0 fully saturated rings. The van der Waals surface area contributed by atoms with Crippen LogP contribution < -0.4 is 15.0 Å². The smallest absolute Gasteiger partial charge is 0.322 e. The van der Waals surface area contributed by atoms with Crippen molar-refractivity contribution in [2.75, 3.05) is 44.6 Å². The third-order valence-electron chi connectivity index (χ3n) is 2.55. The minimum absolute atomic E-state index is 0.178. The number of nitrogens with zero attached hydrogens (tertiary/aromatic N) is 4. The number of nitrogens with one attached hydrogen (secondary N) is 1. The summed E-state index contributed by atoms with van der Waals surface area (Å²) in [4.78, 5) is 14.7. The highest BCUT2D eigenvalue weighted by Gasteiger charge is 2.17. The van der Waals surface area contributed by atoms with Crippen molar-refractivity contribution in [3.63, 3.8) is 0 Å². The number of aromatic nitrogens is 3. The molecule has 1 atom stereocenters. The molecule has 7 heteroatoms. The van der Waals surface area contributed by atoms with E-state index in [9.17, 15) is 0 Å². The maximum absolute atomic E-state index is 5.16. The molecule has 0 radical (unpaired) electrons. The van der Waals surface area contributed by atoms with Crippen LogP contribution in [0.3, 0.4) is 0 Å². The Labute approximate surface area is 108 Å². The summed E-state index contributed by atoms with van der Waals surface area (Å²) in [5, 5.41) is 2.89. The van der Waals surface area contributed by atoms with E-state index in [1.165, 1.54) is 7.11 Å². The molecule has 1 rings (SSSR count).